The van der Waals surface area contributed by atoms with Crippen LogP contribution in [-0.4, -0.2) is 25.3 Å². The number of aryl methyl sites for hydroxylation is 1. The van der Waals surface area contributed by atoms with E-state index in [4.69, 9.17) is 5.26 Å². The first-order chi connectivity index (χ1) is 8.34. The Morgan fingerprint density at radius 2 is 2.11 bits per heavy atom. The minimum Gasteiger partial charge on any atom is -0.207 e. The number of sulfonamides is 1. The van der Waals surface area contributed by atoms with E-state index in [0.29, 0.717) is 5.56 Å². The Labute approximate surface area is 107 Å². The van der Waals surface area contributed by atoms with Crippen molar-refractivity contribution in [2.24, 2.45) is 0 Å². The van der Waals surface area contributed by atoms with Gasteiger partial charge in [-0.2, -0.15) is 9.57 Å². The molecule has 0 spiro atoms. The van der Waals surface area contributed by atoms with Crippen molar-refractivity contribution in [1.29, 1.82) is 5.26 Å². The van der Waals surface area contributed by atoms with Gasteiger partial charge in [-0.1, -0.05) is 13.0 Å². The summed E-state index contributed by atoms with van der Waals surface area (Å²) in [6.45, 7) is 4.87. The highest BCUT2D eigenvalue weighted by Crippen LogP contribution is 2.21. The van der Waals surface area contributed by atoms with Crippen molar-refractivity contribution in [1.82, 2.24) is 4.31 Å². The zero-order chi connectivity index (χ0) is 13.9. The molecule has 4 nitrogen and oxygen atoms in total. The molecule has 0 amide bonds. The second-order valence-electron chi connectivity index (χ2n) is 3.95. The van der Waals surface area contributed by atoms with Crippen molar-refractivity contribution in [2.45, 2.75) is 31.7 Å². The van der Waals surface area contributed by atoms with Crippen molar-refractivity contribution in [3.63, 3.8) is 0 Å². The van der Waals surface area contributed by atoms with Crippen LogP contribution in [-0.2, 0) is 10.0 Å². The molecule has 0 aliphatic heterocycles. The average Bonchev–Trinajstić information content (AvgIpc) is 2.28. The van der Waals surface area contributed by atoms with Gasteiger partial charge in [-0.3, -0.25) is 0 Å². The number of halogens is 1. The third-order valence-corrected chi connectivity index (χ3v) is 4.68. The lowest BCUT2D eigenvalue weighted by molar-refractivity contribution is 0.396. The summed E-state index contributed by atoms with van der Waals surface area (Å²) in [5.41, 5.74) is 0.642. The summed E-state index contributed by atoms with van der Waals surface area (Å²) >= 11 is 0. The Bertz CT molecular complexity index is 578. The second-order valence-corrected chi connectivity index (χ2v) is 5.81. The van der Waals surface area contributed by atoms with Crippen LogP contribution in [0.3, 0.4) is 0 Å². The fourth-order valence-corrected chi connectivity index (χ4v) is 3.26. The van der Waals surface area contributed by atoms with Crippen molar-refractivity contribution in [3.05, 3.63) is 29.6 Å². The molecule has 0 radical (unpaired) electrons. The fourth-order valence-electron chi connectivity index (χ4n) is 1.66. The summed E-state index contributed by atoms with van der Waals surface area (Å²) in [6.07, 6.45) is 0. The average molecular weight is 270 g/mol. The zero-order valence-corrected chi connectivity index (χ0v) is 11.3. The topological polar surface area (TPSA) is 61.2 Å². The lowest BCUT2D eigenvalue weighted by Crippen LogP contribution is -2.38. The third-order valence-electron chi connectivity index (χ3n) is 2.60. The van der Waals surface area contributed by atoms with Crippen LogP contribution in [0.4, 0.5) is 4.39 Å². The van der Waals surface area contributed by atoms with Gasteiger partial charge in [0.15, 0.2) is 0 Å². The van der Waals surface area contributed by atoms with Gasteiger partial charge in [0, 0.05) is 6.54 Å². The van der Waals surface area contributed by atoms with Gasteiger partial charge in [0.05, 0.1) is 6.07 Å². The standard InChI is InChI=1S/C12H15FN2O2S/c1-4-15(10(3)8-14)18(16,17)12-6-5-9(2)7-11(12)13/h5-7,10H,4H2,1-3H3. The number of rotatable bonds is 4. The minimum atomic E-state index is -3.97. The van der Waals surface area contributed by atoms with Crippen LogP contribution in [0, 0.1) is 24.1 Å². The van der Waals surface area contributed by atoms with E-state index in [2.05, 4.69) is 0 Å². The van der Waals surface area contributed by atoms with E-state index in [9.17, 15) is 12.8 Å². The van der Waals surface area contributed by atoms with Gasteiger partial charge < -0.3 is 0 Å². The number of benzene rings is 1. The van der Waals surface area contributed by atoms with Gasteiger partial charge >= 0.3 is 0 Å². The van der Waals surface area contributed by atoms with Gasteiger partial charge in [0.2, 0.25) is 10.0 Å². The van der Waals surface area contributed by atoms with Crippen LogP contribution in [0.5, 0.6) is 0 Å². The molecule has 18 heavy (non-hydrogen) atoms. The van der Waals surface area contributed by atoms with Crippen LogP contribution >= 0.6 is 0 Å². The lowest BCUT2D eigenvalue weighted by Gasteiger charge is -2.22. The fraction of sp³-hybridized carbons (Fsp3) is 0.417. The van der Waals surface area contributed by atoms with E-state index in [1.807, 2.05) is 6.07 Å². The SMILES string of the molecule is CCN(C(C)C#N)S(=O)(=O)c1ccc(C)cc1F. The quantitative estimate of drug-likeness (QED) is 0.841. The molecule has 6 heteroatoms. The van der Waals surface area contributed by atoms with Gasteiger partial charge in [0.25, 0.3) is 0 Å². The van der Waals surface area contributed by atoms with Crippen molar-refractivity contribution in [3.8, 4) is 6.07 Å². The normalized spacial score (nSPS) is 13.3. The molecule has 98 valence electrons. The molecule has 0 N–H and O–H groups in total. The van der Waals surface area contributed by atoms with Crippen LogP contribution in [0.2, 0.25) is 0 Å². The monoisotopic (exact) mass is 270 g/mol. The van der Waals surface area contributed by atoms with Crippen molar-refractivity contribution in [2.75, 3.05) is 6.54 Å². The van der Waals surface area contributed by atoms with Crippen LogP contribution < -0.4 is 0 Å². The molecule has 1 unspecified atom stereocenters. The molecule has 0 saturated carbocycles. The molecule has 1 rings (SSSR count). The third kappa shape index (κ3) is 2.68. The molecule has 1 aromatic rings. The lowest BCUT2D eigenvalue weighted by atomic mass is 10.2. The van der Waals surface area contributed by atoms with Crippen LogP contribution in [0.15, 0.2) is 23.1 Å². The van der Waals surface area contributed by atoms with Crippen molar-refractivity contribution >= 4 is 10.0 Å². The summed E-state index contributed by atoms with van der Waals surface area (Å²) < 4.78 is 39.2. The molecule has 0 aromatic heterocycles. The largest absolute Gasteiger partial charge is 0.247 e. The van der Waals surface area contributed by atoms with Crippen LogP contribution in [0.1, 0.15) is 19.4 Å². The van der Waals surface area contributed by atoms with E-state index >= 15 is 0 Å². The highest BCUT2D eigenvalue weighted by atomic mass is 32.2. The number of hydrogen-bond donors (Lipinski definition) is 0. The van der Waals surface area contributed by atoms with E-state index < -0.39 is 26.8 Å². The Hall–Kier alpha value is -1.45. The molecule has 1 atom stereocenters. The summed E-state index contributed by atoms with van der Waals surface area (Å²) in [4.78, 5) is -0.392. The molecule has 0 bridgehead atoms. The number of hydrogen-bond acceptors (Lipinski definition) is 3. The number of nitriles is 1. The smallest absolute Gasteiger partial charge is 0.207 e. The summed E-state index contributed by atoms with van der Waals surface area (Å²) in [7, 11) is -3.97. The number of nitrogens with zero attached hydrogens (tertiary/aromatic N) is 2. The van der Waals surface area contributed by atoms with Gasteiger partial charge in [-0.15, -0.1) is 0 Å². The maximum atomic E-state index is 13.7. The second kappa shape index (κ2) is 5.46. The maximum Gasteiger partial charge on any atom is 0.247 e. The molecule has 0 saturated heterocycles. The van der Waals surface area contributed by atoms with Gasteiger partial charge in [-0.25, -0.2) is 12.8 Å². The molecule has 0 aliphatic rings. The Kier molecular flexibility index (Phi) is 4.43. The Morgan fingerprint density at radius 1 is 1.50 bits per heavy atom. The van der Waals surface area contributed by atoms with E-state index in [1.54, 1.807) is 13.8 Å². The maximum absolute atomic E-state index is 13.7. The first-order valence-electron chi connectivity index (χ1n) is 5.52. The van der Waals surface area contributed by atoms with Crippen molar-refractivity contribution < 1.29 is 12.8 Å². The zero-order valence-electron chi connectivity index (χ0n) is 10.5. The summed E-state index contributed by atoms with van der Waals surface area (Å²) in [6, 6.07) is 4.94. The Balaban J connectivity index is 3.33. The van der Waals surface area contributed by atoms with Crippen LogP contribution in [0.25, 0.3) is 0 Å². The van der Waals surface area contributed by atoms with Gasteiger partial charge in [-0.05, 0) is 31.5 Å². The predicted molar refractivity (Wildman–Crippen MR) is 65.8 cm³/mol. The van der Waals surface area contributed by atoms with E-state index in [1.165, 1.54) is 19.1 Å². The highest BCUT2D eigenvalue weighted by molar-refractivity contribution is 7.89. The summed E-state index contributed by atoms with van der Waals surface area (Å²) in [5.74, 6) is -0.793. The minimum absolute atomic E-state index is 0.115. The molecular formula is C12H15FN2O2S. The molecule has 0 heterocycles. The summed E-state index contributed by atoms with van der Waals surface area (Å²) in [5, 5.41) is 8.81. The van der Waals surface area contributed by atoms with Gasteiger partial charge in [0.1, 0.15) is 16.8 Å². The molecular weight excluding hydrogens is 255 g/mol. The Morgan fingerprint density at radius 3 is 2.56 bits per heavy atom. The van der Waals surface area contributed by atoms with E-state index in [-0.39, 0.29) is 6.54 Å². The predicted octanol–water partition coefficient (Wildman–Crippen LogP) is 2.06. The first-order valence-corrected chi connectivity index (χ1v) is 6.96. The highest BCUT2D eigenvalue weighted by Gasteiger charge is 2.30. The van der Waals surface area contributed by atoms with E-state index in [0.717, 1.165) is 10.4 Å². The molecule has 1 aromatic carbocycles. The first kappa shape index (κ1) is 14.6. The molecule has 0 fully saturated rings. The molecule has 0 aliphatic carbocycles.